The number of rotatable bonds is 9. The Hall–Kier alpha value is -2.96. The van der Waals surface area contributed by atoms with E-state index in [4.69, 9.17) is 9.73 Å². The Morgan fingerprint density at radius 2 is 1.97 bits per heavy atom. The number of hydrogen-bond acceptors (Lipinski definition) is 4. The maximum Gasteiger partial charge on any atom is 0.347 e. The van der Waals surface area contributed by atoms with Crippen molar-refractivity contribution in [1.82, 2.24) is 4.90 Å². The molecule has 2 aliphatic carbocycles. The van der Waals surface area contributed by atoms with Gasteiger partial charge in [-0.05, 0) is 57.6 Å². The van der Waals surface area contributed by atoms with Crippen molar-refractivity contribution in [2.45, 2.75) is 89.7 Å². The summed E-state index contributed by atoms with van der Waals surface area (Å²) < 4.78 is 20.7. The molecule has 1 aromatic rings. The average Bonchev–Trinajstić information content (AvgIpc) is 3.40. The maximum absolute atomic E-state index is 15.2. The van der Waals surface area contributed by atoms with Crippen LogP contribution in [0.15, 0.2) is 40.9 Å². The molecule has 1 amide bonds. The van der Waals surface area contributed by atoms with Gasteiger partial charge in [-0.2, -0.15) is 0 Å². The second-order valence-corrected chi connectivity index (χ2v) is 10.3. The van der Waals surface area contributed by atoms with Gasteiger partial charge in [0.25, 0.3) is 5.91 Å². The van der Waals surface area contributed by atoms with Crippen LogP contribution in [-0.2, 0) is 9.59 Å². The van der Waals surface area contributed by atoms with Crippen LogP contribution in [0.25, 0.3) is 5.57 Å². The first-order chi connectivity index (χ1) is 16.7. The molecule has 1 aliphatic heterocycles. The third kappa shape index (κ3) is 5.04. The van der Waals surface area contributed by atoms with Gasteiger partial charge in [0, 0.05) is 18.5 Å². The molecule has 35 heavy (non-hydrogen) atoms. The summed E-state index contributed by atoms with van der Waals surface area (Å²) in [5, 5.41) is 9.31. The van der Waals surface area contributed by atoms with Gasteiger partial charge < -0.3 is 9.84 Å². The van der Waals surface area contributed by atoms with E-state index >= 15 is 4.39 Å². The summed E-state index contributed by atoms with van der Waals surface area (Å²) in [4.78, 5) is 31.6. The number of aliphatic imine (C=N–C) groups is 1. The van der Waals surface area contributed by atoms with E-state index in [2.05, 4.69) is 6.92 Å². The first-order valence-corrected chi connectivity index (χ1v) is 12.7. The van der Waals surface area contributed by atoms with Crippen LogP contribution in [0, 0.1) is 5.82 Å². The lowest BCUT2D eigenvalue weighted by Crippen LogP contribution is -2.42. The maximum atomic E-state index is 15.2. The van der Waals surface area contributed by atoms with Crippen molar-refractivity contribution in [3.63, 3.8) is 0 Å². The van der Waals surface area contributed by atoms with Crippen molar-refractivity contribution in [3.05, 3.63) is 47.3 Å². The van der Waals surface area contributed by atoms with E-state index in [-0.39, 0.29) is 11.7 Å². The Kier molecular flexibility index (Phi) is 7.15. The van der Waals surface area contributed by atoms with E-state index in [1.54, 1.807) is 12.1 Å². The van der Waals surface area contributed by atoms with Gasteiger partial charge in [-0.1, -0.05) is 56.0 Å². The quantitative estimate of drug-likeness (QED) is 0.474. The number of benzene rings is 1. The summed E-state index contributed by atoms with van der Waals surface area (Å²) in [6.45, 7) is 5.46. The van der Waals surface area contributed by atoms with Gasteiger partial charge in [0.2, 0.25) is 0 Å². The van der Waals surface area contributed by atoms with Crippen LogP contribution in [0.5, 0.6) is 5.75 Å². The number of nitrogens with zero attached hydrogens (tertiary/aromatic N) is 2. The lowest BCUT2D eigenvalue weighted by Gasteiger charge is -2.25. The Balaban J connectivity index is 1.52. The molecule has 0 aromatic heterocycles. The number of carboxylic acid groups (broad SMARTS) is 1. The fourth-order valence-corrected chi connectivity index (χ4v) is 5.09. The Bertz CT molecular complexity index is 1100. The Morgan fingerprint density at radius 3 is 2.60 bits per heavy atom. The minimum Gasteiger partial charge on any atom is -0.478 e. The molecule has 0 unspecified atom stereocenters. The van der Waals surface area contributed by atoms with Crippen LogP contribution in [0.4, 0.5) is 4.39 Å². The van der Waals surface area contributed by atoms with E-state index in [9.17, 15) is 14.7 Å². The number of hydrogen-bond donors (Lipinski definition) is 1. The van der Waals surface area contributed by atoms with Crippen molar-refractivity contribution in [3.8, 4) is 5.75 Å². The highest BCUT2D eigenvalue weighted by molar-refractivity contribution is 6.08. The molecule has 4 rings (SSSR count). The number of halogens is 1. The average molecular weight is 483 g/mol. The molecule has 0 bridgehead atoms. The first-order valence-electron chi connectivity index (χ1n) is 12.7. The zero-order valence-electron chi connectivity index (χ0n) is 20.9. The summed E-state index contributed by atoms with van der Waals surface area (Å²) in [5.41, 5.74) is 0.285. The number of aliphatic carboxylic acids is 1. The molecule has 0 atom stereocenters. The number of amides is 1. The van der Waals surface area contributed by atoms with Gasteiger partial charge in [0.05, 0.1) is 0 Å². The van der Waals surface area contributed by atoms with E-state index in [1.165, 1.54) is 19.9 Å². The Labute approximate surface area is 206 Å². The van der Waals surface area contributed by atoms with Gasteiger partial charge in [0.15, 0.2) is 17.2 Å². The van der Waals surface area contributed by atoms with Gasteiger partial charge in [-0.3, -0.25) is 14.7 Å². The van der Waals surface area contributed by atoms with E-state index in [1.807, 2.05) is 17.1 Å². The molecule has 1 heterocycles. The van der Waals surface area contributed by atoms with Gasteiger partial charge in [-0.25, -0.2) is 9.18 Å². The number of ether oxygens (including phenoxy) is 1. The van der Waals surface area contributed by atoms with E-state index in [0.717, 1.165) is 68.3 Å². The summed E-state index contributed by atoms with van der Waals surface area (Å²) in [6, 6.07) is 4.80. The van der Waals surface area contributed by atoms with Crippen molar-refractivity contribution < 1.29 is 23.8 Å². The number of carbonyl (C=O) groups excluding carboxylic acids is 1. The van der Waals surface area contributed by atoms with Crippen LogP contribution < -0.4 is 4.74 Å². The van der Waals surface area contributed by atoms with Crippen molar-refractivity contribution >= 4 is 23.3 Å². The highest BCUT2D eigenvalue weighted by Crippen LogP contribution is 2.40. The molecule has 1 fully saturated rings. The van der Waals surface area contributed by atoms with Crippen molar-refractivity contribution in [1.29, 1.82) is 0 Å². The van der Waals surface area contributed by atoms with Crippen LogP contribution in [0.1, 0.15) is 84.1 Å². The van der Waals surface area contributed by atoms with E-state index in [0.29, 0.717) is 18.5 Å². The highest BCUT2D eigenvalue weighted by Gasteiger charge is 2.49. The molecule has 0 radical (unpaired) electrons. The molecule has 1 N–H and O–H groups in total. The zero-order chi connectivity index (χ0) is 25.2. The standard InChI is InChI=1S/C28H35FN2O4/c1-4-5-11-23-30-28(16-6-7-17-28)25(32)31(23)18-19-12-14-20(15-13-19)21-9-8-10-22(24(21)29)35-27(2,3)26(33)34/h8-10,12,14H,4-7,11,13,15-18H2,1-3H3,(H,33,34). The minimum absolute atomic E-state index is 0.0770. The molecular weight excluding hydrogens is 447 g/mol. The minimum atomic E-state index is -1.54. The van der Waals surface area contributed by atoms with Crippen LogP contribution in [0.3, 0.4) is 0 Å². The van der Waals surface area contributed by atoms with Crippen molar-refractivity contribution in [2.24, 2.45) is 4.99 Å². The lowest BCUT2D eigenvalue weighted by molar-refractivity contribution is -0.152. The largest absolute Gasteiger partial charge is 0.478 e. The summed E-state index contributed by atoms with van der Waals surface area (Å²) in [7, 11) is 0. The monoisotopic (exact) mass is 482 g/mol. The number of carboxylic acids is 1. The first kappa shape index (κ1) is 25.1. The number of allylic oxidation sites excluding steroid dienone is 3. The fraction of sp³-hybridized carbons (Fsp3) is 0.536. The number of carbonyl (C=O) groups is 2. The Morgan fingerprint density at radius 1 is 1.23 bits per heavy atom. The molecular formula is C28H35FN2O4. The molecule has 188 valence electrons. The van der Waals surface area contributed by atoms with Crippen LogP contribution in [0.2, 0.25) is 0 Å². The summed E-state index contributed by atoms with van der Waals surface area (Å²) in [5.74, 6) is -0.729. The normalized spacial score (nSPS) is 19.6. The molecule has 1 saturated carbocycles. The molecule has 1 aromatic carbocycles. The van der Waals surface area contributed by atoms with Gasteiger partial charge in [0.1, 0.15) is 11.4 Å². The summed E-state index contributed by atoms with van der Waals surface area (Å²) in [6.07, 6.45) is 11.9. The van der Waals surface area contributed by atoms with Crippen LogP contribution in [-0.4, -0.2) is 45.4 Å². The SMILES string of the molecule is CCCCC1=NC2(CCCC2)C(=O)N1CC1=CC=C(c2cccc(OC(C)(C)C(=O)O)c2F)CC1. The molecule has 7 heteroatoms. The number of amidine groups is 1. The topological polar surface area (TPSA) is 79.2 Å². The van der Waals surface area contributed by atoms with Crippen LogP contribution >= 0.6 is 0 Å². The predicted molar refractivity (Wildman–Crippen MR) is 134 cm³/mol. The fourth-order valence-electron chi connectivity index (χ4n) is 5.09. The van der Waals surface area contributed by atoms with Crippen molar-refractivity contribution in [2.75, 3.05) is 6.54 Å². The molecule has 6 nitrogen and oxygen atoms in total. The van der Waals surface area contributed by atoms with Gasteiger partial charge in [-0.15, -0.1) is 0 Å². The lowest BCUT2D eigenvalue weighted by atomic mass is 9.92. The molecule has 1 spiro atoms. The second-order valence-electron chi connectivity index (χ2n) is 10.3. The highest BCUT2D eigenvalue weighted by atomic mass is 19.1. The van der Waals surface area contributed by atoms with Gasteiger partial charge >= 0.3 is 5.97 Å². The summed E-state index contributed by atoms with van der Waals surface area (Å²) >= 11 is 0. The number of unbranched alkanes of at least 4 members (excludes halogenated alkanes) is 1. The van der Waals surface area contributed by atoms with E-state index < -0.39 is 22.9 Å². The molecule has 3 aliphatic rings. The smallest absolute Gasteiger partial charge is 0.347 e. The third-order valence-corrected chi connectivity index (χ3v) is 7.27. The molecule has 0 saturated heterocycles. The second kappa shape index (κ2) is 9.96. The zero-order valence-corrected chi connectivity index (χ0v) is 20.9. The third-order valence-electron chi connectivity index (χ3n) is 7.27. The predicted octanol–water partition coefficient (Wildman–Crippen LogP) is 5.92.